The van der Waals surface area contributed by atoms with Crippen molar-refractivity contribution in [2.24, 2.45) is 5.73 Å². The summed E-state index contributed by atoms with van der Waals surface area (Å²) in [6, 6.07) is 0. The third-order valence-corrected chi connectivity index (χ3v) is 5.62. The number of piperidine rings is 1. The number of thiocarbonyl (C=S) groups is 1. The largest absolute Gasteiger partial charge is 0.392 e. The Morgan fingerprint density at radius 1 is 1.39 bits per heavy atom. The van der Waals surface area contributed by atoms with Crippen molar-refractivity contribution in [3.63, 3.8) is 0 Å². The molecular formula is C11H23N3O2S2. The molecule has 1 fully saturated rings. The Kier molecular flexibility index (Phi) is 6.48. The fraction of sp³-hybridized carbons (Fsp3) is 0.909. The molecule has 1 unspecified atom stereocenters. The number of likely N-dealkylation sites (tertiary alicyclic amines) is 1. The molecular weight excluding hydrogens is 270 g/mol. The lowest BCUT2D eigenvalue weighted by Gasteiger charge is -2.26. The van der Waals surface area contributed by atoms with E-state index in [1.165, 1.54) is 19.3 Å². The molecule has 0 saturated carbocycles. The number of rotatable bonds is 7. The van der Waals surface area contributed by atoms with Crippen LogP contribution in [0.2, 0.25) is 0 Å². The van der Waals surface area contributed by atoms with Crippen LogP contribution in [0.5, 0.6) is 0 Å². The Bertz CT molecular complexity index is 364. The Morgan fingerprint density at radius 3 is 2.50 bits per heavy atom. The first-order valence-corrected chi connectivity index (χ1v) is 8.43. The molecule has 1 rings (SSSR count). The summed E-state index contributed by atoms with van der Waals surface area (Å²) in [5.41, 5.74) is 5.45. The summed E-state index contributed by atoms with van der Waals surface area (Å²) >= 11 is 4.79. The minimum atomic E-state index is -3.42. The third-order valence-electron chi connectivity index (χ3n) is 3.24. The zero-order valence-electron chi connectivity index (χ0n) is 10.9. The lowest BCUT2D eigenvalue weighted by atomic mass is 10.1. The highest BCUT2D eigenvalue weighted by Crippen LogP contribution is 2.08. The van der Waals surface area contributed by atoms with Gasteiger partial charge in [-0.05, 0) is 32.4 Å². The summed E-state index contributed by atoms with van der Waals surface area (Å²) < 4.78 is 26.5. The second-order valence-corrected chi connectivity index (χ2v) is 7.06. The number of sulfonamides is 1. The van der Waals surface area contributed by atoms with Crippen LogP contribution < -0.4 is 10.5 Å². The van der Waals surface area contributed by atoms with E-state index in [0.29, 0.717) is 13.0 Å². The number of nitrogens with two attached hydrogens (primary N) is 1. The van der Waals surface area contributed by atoms with E-state index >= 15 is 0 Å². The molecule has 0 aliphatic carbocycles. The van der Waals surface area contributed by atoms with Crippen molar-refractivity contribution < 1.29 is 8.42 Å². The average molecular weight is 293 g/mol. The van der Waals surface area contributed by atoms with Gasteiger partial charge in [-0.25, -0.2) is 13.1 Å². The molecule has 1 heterocycles. The van der Waals surface area contributed by atoms with Crippen LogP contribution >= 0.6 is 12.2 Å². The molecule has 0 aromatic heterocycles. The summed E-state index contributed by atoms with van der Waals surface area (Å²) in [6.45, 7) is 5.09. The van der Waals surface area contributed by atoms with E-state index < -0.39 is 15.3 Å². The monoisotopic (exact) mass is 293 g/mol. The van der Waals surface area contributed by atoms with Gasteiger partial charge in [-0.1, -0.05) is 25.6 Å². The molecule has 0 amide bonds. The van der Waals surface area contributed by atoms with Crippen molar-refractivity contribution in [3.05, 3.63) is 0 Å². The topological polar surface area (TPSA) is 75.4 Å². The smallest absolute Gasteiger partial charge is 0.221 e. The number of nitrogens with zero attached hydrogens (tertiary/aromatic N) is 1. The van der Waals surface area contributed by atoms with Crippen molar-refractivity contribution in [1.82, 2.24) is 9.62 Å². The first-order chi connectivity index (χ1) is 8.47. The minimum Gasteiger partial charge on any atom is -0.392 e. The van der Waals surface area contributed by atoms with E-state index in [9.17, 15) is 8.42 Å². The van der Waals surface area contributed by atoms with Crippen molar-refractivity contribution in [1.29, 1.82) is 0 Å². The zero-order chi connectivity index (χ0) is 13.6. The second-order valence-electron chi connectivity index (χ2n) is 4.64. The summed E-state index contributed by atoms with van der Waals surface area (Å²) in [5.74, 6) is 0. The molecule has 7 heteroatoms. The molecule has 0 aromatic carbocycles. The first kappa shape index (κ1) is 15.8. The highest BCUT2D eigenvalue weighted by atomic mass is 32.2. The van der Waals surface area contributed by atoms with Crippen molar-refractivity contribution in [2.75, 3.05) is 26.2 Å². The molecule has 1 aliphatic rings. The van der Waals surface area contributed by atoms with Gasteiger partial charge in [0.05, 0.1) is 4.99 Å². The molecule has 18 heavy (non-hydrogen) atoms. The fourth-order valence-electron chi connectivity index (χ4n) is 2.20. The lowest BCUT2D eigenvalue weighted by Crippen LogP contribution is -2.44. The molecule has 0 spiro atoms. The fourth-order valence-corrected chi connectivity index (χ4v) is 4.07. The summed E-state index contributed by atoms with van der Waals surface area (Å²) in [7, 11) is -3.42. The van der Waals surface area contributed by atoms with E-state index in [1.54, 1.807) is 6.92 Å². The molecule has 3 N–H and O–H groups in total. The predicted octanol–water partition coefficient (Wildman–Crippen LogP) is 0.456. The van der Waals surface area contributed by atoms with Crippen molar-refractivity contribution in [2.45, 2.75) is 37.9 Å². The molecule has 0 aromatic rings. The lowest BCUT2D eigenvalue weighted by molar-refractivity contribution is 0.232. The highest BCUT2D eigenvalue weighted by molar-refractivity contribution is 7.93. The van der Waals surface area contributed by atoms with Gasteiger partial charge in [0, 0.05) is 13.1 Å². The predicted molar refractivity (Wildman–Crippen MR) is 78.1 cm³/mol. The maximum absolute atomic E-state index is 11.9. The summed E-state index contributed by atoms with van der Waals surface area (Å²) in [5, 5.41) is -0.756. The Morgan fingerprint density at radius 2 is 2.00 bits per heavy atom. The van der Waals surface area contributed by atoms with Crippen LogP contribution in [-0.4, -0.2) is 49.7 Å². The van der Waals surface area contributed by atoms with Crippen LogP contribution in [0.15, 0.2) is 0 Å². The molecule has 1 atom stereocenters. The molecule has 1 saturated heterocycles. The van der Waals surface area contributed by atoms with Crippen molar-refractivity contribution >= 4 is 27.2 Å². The van der Waals surface area contributed by atoms with Crippen LogP contribution in [0.3, 0.4) is 0 Å². The quantitative estimate of drug-likeness (QED) is 0.667. The van der Waals surface area contributed by atoms with Gasteiger partial charge >= 0.3 is 0 Å². The first-order valence-electron chi connectivity index (χ1n) is 6.47. The highest BCUT2D eigenvalue weighted by Gasteiger charge is 2.25. The van der Waals surface area contributed by atoms with E-state index in [0.717, 1.165) is 19.6 Å². The van der Waals surface area contributed by atoms with E-state index in [-0.39, 0.29) is 4.99 Å². The Balaban J connectivity index is 2.38. The van der Waals surface area contributed by atoms with Gasteiger partial charge in [0.15, 0.2) is 0 Å². The minimum absolute atomic E-state index is 0.0444. The van der Waals surface area contributed by atoms with Crippen LogP contribution in [0, 0.1) is 0 Å². The number of hydrogen-bond donors (Lipinski definition) is 2. The molecule has 5 nitrogen and oxygen atoms in total. The second kappa shape index (κ2) is 7.37. The standard InChI is InChI=1S/C11H23N3O2S2/c1-2-10(11(12)17)18(15,16)13-6-9-14-7-4-3-5-8-14/h10,13H,2-9H2,1H3,(H2,12,17). The summed E-state index contributed by atoms with van der Waals surface area (Å²) in [6.07, 6.45) is 4.10. The van der Waals surface area contributed by atoms with Gasteiger partial charge in [0.25, 0.3) is 0 Å². The zero-order valence-corrected chi connectivity index (χ0v) is 12.5. The van der Waals surface area contributed by atoms with Gasteiger partial charge in [-0.3, -0.25) is 0 Å². The van der Waals surface area contributed by atoms with Crippen LogP contribution in [-0.2, 0) is 10.0 Å². The van der Waals surface area contributed by atoms with Gasteiger partial charge < -0.3 is 10.6 Å². The van der Waals surface area contributed by atoms with E-state index in [4.69, 9.17) is 18.0 Å². The van der Waals surface area contributed by atoms with Gasteiger partial charge in [-0.15, -0.1) is 0 Å². The molecule has 1 aliphatic heterocycles. The van der Waals surface area contributed by atoms with E-state index in [2.05, 4.69) is 9.62 Å². The van der Waals surface area contributed by atoms with Crippen LogP contribution in [0.4, 0.5) is 0 Å². The molecule has 106 valence electrons. The average Bonchev–Trinajstić information content (AvgIpc) is 2.30. The van der Waals surface area contributed by atoms with Gasteiger partial charge in [0.2, 0.25) is 10.0 Å². The molecule has 0 radical (unpaired) electrons. The summed E-state index contributed by atoms with van der Waals surface area (Å²) in [4.78, 5) is 2.33. The van der Waals surface area contributed by atoms with Crippen molar-refractivity contribution in [3.8, 4) is 0 Å². The maximum Gasteiger partial charge on any atom is 0.221 e. The van der Waals surface area contributed by atoms with Gasteiger partial charge in [-0.2, -0.15) is 0 Å². The van der Waals surface area contributed by atoms with E-state index in [1.807, 2.05) is 0 Å². The Hall–Kier alpha value is -0.240. The van der Waals surface area contributed by atoms with Crippen LogP contribution in [0.1, 0.15) is 32.6 Å². The SMILES string of the molecule is CCC(C(N)=S)S(=O)(=O)NCCN1CCCCC1. The maximum atomic E-state index is 11.9. The Labute approximate surface area is 115 Å². The van der Waals surface area contributed by atoms with Crippen LogP contribution in [0.25, 0.3) is 0 Å². The number of nitrogens with one attached hydrogen (secondary N) is 1. The normalized spacial score (nSPS) is 19.6. The number of hydrogen-bond acceptors (Lipinski definition) is 4. The molecule has 0 bridgehead atoms. The third kappa shape index (κ3) is 4.79. The van der Waals surface area contributed by atoms with Gasteiger partial charge in [0.1, 0.15) is 5.25 Å².